The third kappa shape index (κ3) is 8.60. The lowest BCUT2D eigenvalue weighted by Crippen LogP contribution is -2.31. The molecule has 1 aliphatic heterocycles. The Balaban J connectivity index is 1.13. The number of hydrogen-bond donors (Lipinski definition) is 2. The lowest BCUT2D eigenvalue weighted by atomic mass is 10.1. The van der Waals surface area contributed by atoms with E-state index in [1.54, 1.807) is 97.1 Å². The number of nitrogens with zero attached hydrogens (tertiary/aromatic N) is 3. The average Bonchev–Trinajstić information content (AvgIpc) is 3.46. The Morgan fingerprint density at radius 3 is 2.10 bits per heavy atom. The predicted molar refractivity (Wildman–Crippen MR) is 200 cm³/mol. The number of carbonyl (C=O) groups excluding carboxylic acids is 4. The van der Waals surface area contributed by atoms with E-state index in [0.717, 1.165) is 4.90 Å². The van der Waals surface area contributed by atoms with Crippen LogP contribution >= 0.6 is 11.8 Å². The zero-order valence-corrected chi connectivity index (χ0v) is 29.0. The monoisotopic (exact) mass is 711 g/mol. The van der Waals surface area contributed by atoms with Crippen LogP contribution in [0.1, 0.15) is 22.3 Å². The third-order valence-corrected chi connectivity index (χ3v) is 9.10. The van der Waals surface area contributed by atoms with Crippen molar-refractivity contribution in [3.63, 3.8) is 0 Å². The number of ether oxygens (including phenoxy) is 2. The van der Waals surface area contributed by atoms with Gasteiger partial charge in [0, 0.05) is 28.1 Å². The molecule has 1 atom stereocenters. The van der Waals surface area contributed by atoms with E-state index in [-0.39, 0.29) is 23.9 Å². The first-order valence-electron chi connectivity index (χ1n) is 16.1. The van der Waals surface area contributed by atoms with Gasteiger partial charge in [-0.05, 0) is 97.1 Å². The molecule has 5 aromatic rings. The number of nitrogens with one attached hydrogen (secondary N) is 2. The van der Waals surface area contributed by atoms with E-state index in [0.29, 0.717) is 45.4 Å². The van der Waals surface area contributed by atoms with Gasteiger partial charge in [-0.2, -0.15) is 10.2 Å². The second-order valence-electron chi connectivity index (χ2n) is 11.4. The number of anilines is 2. The van der Waals surface area contributed by atoms with Crippen LogP contribution in [0.25, 0.3) is 6.08 Å². The number of rotatable bonds is 12. The highest BCUT2D eigenvalue weighted by molar-refractivity contribution is 8.00. The second-order valence-corrected chi connectivity index (χ2v) is 12.7. The number of carbonyl (C=O) groups is 4. The first kappa shape index (κ1) is 35.3. The number of methoxy groups -OCH3 is 2. The molecule has 0 saturated carbocycles. The normalized spacial score (nSPS) is 14.4. The van der Waals surface area contributed by atoms with E-state index in [2.05, 4.69) is 20.9 Å². The third-order valence-electron chi connectivity index (χ3n) is 7.91. The highest BCUT2D eigenvalue weighted by Gasteiger charge is 2.40. The SMILES string of the molecule is COc1ccc(OC)c(/C=C(\NC(=O)c2ccccc2)C(=O)Nc2ccc(SC3CC(=O)N(c4ccc(N=Nc5ccccc5)cc4)C3=O)cc2)c1. The van der Waals surface area contributed by atoms with Crippen molar-refractivity contribution in [2.24, 2.45) is 10.2 Å². The fraction of sp³-hybridized carbons (Fsp3) is 0.100. The summed E-state index contributed by atoms with van der Waals surface area (Å²) >= 11 is 1.27. The molecule has 1 unspecified atom stereocenters. The molecule has 260 valence electrons. The van der Waals surface area contributed by atoms with Gasteiger partial charge in [0.05, 0.1) is 36.5 Å². The summed E-state index contributed by atoms with van der Waals surface area (Å²) < 4.78 is 10.8. The van der Waals surface area contributed by atoms with E-state index < -0.39 is 17.1 Å². The van der Waals surface area contributed by atoms with Crippen LogP contribution in [0.5, 0.6) is 11.5 Å². The number of azo groups is 1. The Morgan fingerprint density at radius 1 is 0.788 bits per heavy atom. The molecule has 1 saturated heterocycles. The molecule has 5 aromatic carbocycles. The van der Waals surface area contributed by atoms with Crippen LogP contribution in [0.2, 0.25) is 0 Å². The van der Waals surface area contributed by atoms with Gasteiger partial charge in [0.1, 0.15) is 17.2 Å². The van der Waals surface area contributed by atoms with Crippen molar-refractivity contribution in [3.8, 4) is 11.5 Å². The average molecular weight is 712 g/mol. The molecular weight excluding hydrogens is 679 g/mol. The molecular formula is C40H33N5O6S. The van der Waals surface area contributed by atoms with Crippen LogP contribution in [0.4, 0.5) is 22.7 Å². The first-order valence-corrected chi connectivity index (χ1v) is 17.0. The van der Waals surface area contributed by atoms with Crippen molar-refractivity contribution in [2.75, 3.05) is 24.4 Å². The summed E-state index contributed by atoms with van der Waals surface area (Å²) in [6, 6.07) is 36.6. The Kier molecular flexibility index (Phi) is 11.2. The minimum atomic E-state index is -0.619. The molecule has 0 radical (unpaired) electrons. The maximum Gasteiger partial charge on any atom is 0.272 e. The van der Waals surface area contributed by atoms with E-state index in [9.17, 15) is 19.2 Å². The van der Waals surface area contributed by atoms with Crippen molar-refractivity contribution in [1.82, 2.24) is 5.32 Å². The fourth-order valence-electron chi connectivity index (χ4n) is 5.28. The van der Waals surface area contributed by atoms with Crippen LogP contribution in [-0.2, 0) is 14.4 Å². The molecule has 0 aromatic heterocycles. The van der Waals surface area contributed by atoms with Crippen molar-refractivity contribution in [3.05, 3.63) is 144 Å². The molecule has 0 aliphatic carbocycles. The Morgan fingerprint density at radius 2 is 1.44 bits per heavy atom. The topological polar surface area (TPSA) is 139 Å². The van der Waals surface area contributed by atoms with Crippen LogP contribution in [-0.4, -0.2) is 43.1 Å². The van der Waals surface area contributed by atoms with Crippen molar-refractivity contribution >= 4 is 64.2 Å². The molecule has 11 nitrogen and oxygen atoms in total. The Hall–Kier alpha value is -6.53. The number of amides is 4. The van der Waals surface area contributed by atoms with Gasteiger partial charge in [0.15, 0.2) is 0 Å². The molecule has 12 heteroatoms. The predicted octanol–water partition coefficient (Wildman–Crippen LogP) is 7.95. The smallest absolute Gasteiger partial charge is 0.272 e. The van der Waals surface area contributed by atoms with Crippen molar-refractivity contribution in [2.45, 2.75) is 16.6 Å². The molecule has 52 heavy (non-hydrogen) atoms. The molecule has 0 spiro atoms. The van der Waals surface area contributed by atoms with Gasteiger partial charge in [-0.25, -0.2) is 4.90 Å². The maximum absolute atomic E-state index is 13.6. The van der Waals surface area contributed by atoms with Gasteiger partial charge in [0.25, 0.3) is 11.8 Å². The molecule has 1 aliphatic rings. The van der Waals surface area contributed by atoms with Gasteiger partial charge in [-0.15, -0.1) is 11.8 Å². The molecule has 1 heterocycles. The van der Waals surface area contributed by atoms with Crippen LogP contribution in [0.15, 0.2) is 148 Å². The minimum absolute atomic E-state index is 0.0266. The standard InChI is InChI=1S/C40H33N5O6S/c1-50-32-19-22-35(51-2)27(23-32)24-34(42-38(47)26-9-5-3-6-10-26)39(48)41-28-15-20-33(21-16-28)52-36-25-37(46)45(40(36)49)31-17-13-30(14-18-31)44-43-29-11-7-4-8-12-29/h3-24,36H,25H2,1-2H3,(H,41,48)(H,42,47)/b34-24-,44-43?. The summed E-state index contributed by atoms with van der Waals surface area (Å²) in [6.07, 6.45) is 1.55. The van der Waals surface area contributed by atoms with E-state index >= 15 is 0 Å². The Labute approximate surface area is 304 Å². The highest BCUT2D eigenvalue weighted by Crippen LogP contribution is 2.35. The van der Waals surface area contributed by atoms with Crippen LogP contribution < -0.4 is 25.0 Å². The maximum atomic E-state index is 13.6. The molecule has 0 bridgehead atoms. The quantitative estimate of drug-likeness (QED) is 0.0761. The second kappa shape index (κ2) is 16.5. The summed E-state index contributed by atoms with van der Waals surface area (Å²) in [5.74, 6) is -0.640. The summed E-state index contributed by atoms with van der Waals surface area (Å²) in [5, 5.41) is 13.3. The molecule has 2 N–H and O–H groups in total. The van der Waals surface area contributed by atoms with Gasteiger partial charge in [-0.3, -0.25) is 19.2 Å². The summed E-state index contributed by atoms with van der Waals surface area (Å²) in [6.45, 7) is 0. The summed E-state index contributed by atoms with van der Waals surface area (Å²) in [7, 11) is 3.03. The zero-order chi connectivity index (χ0) is 36.5. The fourth-order valence-corrected chi connectivity index (χ4v) is 6.33. The summed E-state index contributed by atoms with van der Waals surface area (Å²) in [4.78, 5) is 54.9. The zero-order valence-electron chi connectivity index (χ0n) is 28.2. The van der Waals surface area contributed by atoms with Gasteiger partial charge in [0.2, 0.25) is 11.8 Å². The highest BCUT2D eigenvalue weighted by atomic mass is 32.2. The number of thioether (sulfide) groups is 1. The van der Waals surface area contributed by atoms with Gasteiger partial charge < -0.3 is 20.1 Å². The van der Waals surface area contributed by atoms with Crippen molar-refractivity contribution < 1.29 is 28.7 Å². The first-order chi connectivity index (χ1) is 25.3. The lowest BCUT2D eigenvalue weighted by Gasteiger charge is -2.15. The molecule has 4 amide bonds. The number of benzene rings is 5. The van der Waals surface area contributed by atoms with Crippen LogP contribution in [0, 0.1) is 0 Å². The number of imide groups is 1. The molecule has 6 rings (SSSR count). The van der Waals surface area contributed by atoms with Crippen molar-refractivity contribution in [1.29, 1.82) is 0 Å². The lowest BCUT2D eigenvalue weighted by molar-refractivity contribution is -0.121. The Bertz CT molecular complexity index is 2140. The van der Waals surface area contributed by atoms with Gasteiger partial charge >= 0.3 is 0 Å². The van der Waals surface area contributed by atoms with E-state index in [4.69, 9.17) is 9.47 Å². The minimum Gasteiger partial charge on any atom is -0.497 e. The van der Waals surface area contributed by atoms with E-state index in [1.807, 2.05) is 30.3 Å². The summed E-state index contributed by atoms with van der Waals surface area (Å²) in [5.41, 5.74) is 3.08. The van der Waals surface area contributed by atoms with E-state index in [1.165, 1.54) is 37.0 Å². The largest absolute Gasteiger partial charge is 0.497 e. The van der Waals surface area contributed by atoms with Gasteiger partial charge in [-0.1, -0.05) is 36.4 Å². The molecule has 1 fully saturated rings. The van der Waals surface area contributed by atoms with Crippen LogP contribution in [0.3, 0.4) is 0 Å². The number of hydrogen-bond acceptors (Lipinski definition) is 9.